The summed E-state index contributed by atoms with van der Waals surface area (Å²) in [4.78, 5) is 1.01. The van der Waals surface area contributed by atoms with Crippen LogP contribution in [0.25, 0.3) is 0 Å². The average Bonchev–Trinajstić information content (AvgIpc) is 2.46. The van der Waals surface area contributed by atoms with Crippen molar-refractivity contribution in [2.75, 3.05) is 12.4 Å². The van der Waals surface area contributed by atoms with Crippen LogP contribution in [0.5, 0.6) is 5.75 Å². The van der Waals surface area contributed by atoms with Crippen molar-refractivity contribution in [2.24, 2.45) is 0 Å². The summed E-state index contributed by atoms with van der Waals surface area (Å²) in [5.74, 6) is 1.23. The first-order valence-electron chi connectivity index (χ1n) is 5.79. The van der Waals surface area contributed by atoms with Crippen LogP contribution in [0.3, 0.4) is 0 Å². The minimum atomic E-state index is -0.228. The van der Waals surface area contributed by atoms with Gasteiger partial charge >= 0.3 is 0 Å². The fourth-order valence-corrected chi connectivity index (χ4v) is 2.24. The van der Waals surface area contributed by atoms with Gasteiger partial charge in [-0.1, -0.05) is 6.07 Å². The molecule has 0 radical (unpaired) electrons. The number of nitrogens with zero attached hydrogens (tertiary/aromatic N) is 1. The van der Waals surface area contributed by atoms with Crippen LogP contribution < -0.4 is 4.74 Å². The second-order valence-corrected chi connectivity index (χ2v) is 4.96. The highest BCUT2D eigenvalue weighted by Crippen LogP contribution is 2.18. The number of rotatable bonds is 5. The molecule has 0 atom stereocenters. The van der Waals surface area contributed by atoms with Crippen molar-refractivity contribution in [1.29, 1.82) is 5.26 Å². The molecule has 0 aromatic heterocycles. The van der Waals surface area contributed by atoms with Gasteiger partial charge in [0.1, 0.15) is 11.6 Å². The van der Waals surface area contributed by atoms with Crippen LogP contribution in [-0.2, 0) is 0 Å². The van der Waals surface area contributed by atoms with Gasteiger partial charge in [-0.05, 0) is 42.5 Å². The number of thioether (sulfide) groups is 1. The van der Waals surface area contributed by atoms with Crippen LogP contribution in [0.15, 0.2) is 53.4 Å². The van der Waals surface area contributed by atoms with E-state index in [9.17, 15) is 4.39 Å². The Hall–Kier alpha value is -1.99. The first kappa shape index (κ1) is 13.4. The van der Waals surface area contributed by atoms with Gasteiger partial charge in [-0.2, -0.15) is 5.26 Å². The minimum Gasteiger partial charge on any atom is -0.493 e. The normalized spacial score (nSPS) is 9.89. The van der Waals surface area contributed by atoms with E-state index < -0.39 is 0 Å². The molecule has 0 saturated carbocycles. The third kappa shape index (κ3) is 4.31. The molecular weight excluding hydrogens is 261 g/mol. The van der Waals surface area contributed by atoms with E-state index in [4.69, 9.17) is 10.00 Å². The van der Waals surface area contributed by atoms with Crippen molar-refractivity contribution in [3.05, 3.63) is 59.9 Å². The summed E-state index contributed by atoms with van der Waals surface area (Å²) in [7, 11) is 0. The zero-order valence-electron chi connectivity index (χ0n) is 10.2. The molecule has 0 aliphatic heterocycles. The van der Waals surface area contributed by atoms with Crippen molar-refractivity contribution >= 4 is 11.8 Å². The number of hydrogen-bond acceptors (Lipinski definition) is 3. The van der Waals surface area contributed by atoms with Crippen molar-refractivity contribution in [1.82, 2.24) is 0 Å². The molecule has 0 saturated heterocycles. The molecule has 0 unspecified atom stereocenters. The molecule has 0 amide bonds. The van der Waals surface area contributed by atoms with Crippen LogP contribution in [0.1, 0.15) is 5.56 Å². The largest absolute Gasteiger partial charge is 0.493 e. The summed E-state index contributed by atoms with van der Waals surface area (Å²) in [6.07, 6.45) is 0. The lowest BCUT2D eigenvalue weighted by molar-refractivity contribution is 0.344. The van der Waals surface area contributed by atoms with Gasteiger partial charge in [-0.15, -0.1) is 11.8 Å². The van der Waals surface area contributed by atoms with Gasteiger partial charge in [-0.3, -0.25) is 0 Å². The molecule has 0 heterocycles. The molecule has 2 aromatic rings. The smallest absolute Gasteiger partial charge is 0.123 e. The third-order valence-electron chi connectivity index (χ3n) is 2.40. The van der Waals surface area contributed by atoms with E-state index in [-0.39, 0.29) is 5.82 Å². The number of nitriles is 1. The summed E-state index contributed by atoms with van der Waals surface area (Å²) in [5.41, 5.74) is 0.587. The van der Waals surface area contributed by atoms with Gasteiger partial charge in [0.15, 0.2) is 0 Å². The average molecular weight is 273 g/mol. The van der Waals surface area contributed by atoms with Crippen molar-refractivity contribution in [3.8, 4) is 11.8 Å². The molecule has 96 valence electrons. The Morgan fingerprint density at radius 2 is 1.95 bits per heavy atom. The maximum atomic E-state index is 12.7. The zero-order valence-corrected chi connectivity index (χ0v) is 11.0. The Bertz CT molecular complexity index is 577. The highest BCUT2D eigenvalue weighted by atomic mass is 32.2. The highest BCUT2D eigenvalue weighted by Gasteiger charge is 1.98. The SMILES string of the molecule is N#Cc1cccc(OCCSc2ccc(F)cc2)c1. The molecule has 19 heavy (non-hydrogen) atoms. The summed E-state index contributed by atoms with van der Waals surface area (Å²) < 4.78 is 18.3. The van der Waals surface area contributed by atoms with Crippen LogP contribution in [0.2, 0.25) is 0 Å². The number of halogens is 1. The monoisotopic (exact) mass is 273 g/mol. The molecule has 0 bridgehead atoms. The third-order valence-corrected chi connectivity index (χ3v) is 3.37. The Labute approximate surface area is 115 Å². The van der Waals surface area contributed by atoms with Crippen molar-refractivity contribution < 1.29 is 9.13 Å². The van der Waals surface area contributed by atoms with Gasteiger partial charge < -0.3 is 4.74 Å². The molecule has 2 nitrogen and oxygen atoms in total. The Morgan fingerprint density at radius 3 is 2.68 bits per heavy atom. The summed E-state index contributed by atoms with van der Waals surface area (Å²) in [5, 5.41) is 8.76. The van der Waals surface area contributed by atoms with E-state index in [0.717, 1.165) is 10.6 Å². The highest BCUT2D eigenvalue weighted by molar-refractivity contribution is 7.99. The van der Waals surface area contributed by atoms with Gasteiger partial charge in [0.25, 0.3) is 0 Å². The lowest BCUT2D eigenvalue weighted by atomic mass is 10.2. The molecule has 4 heteroatoms. The van der Waals surface area contributed by atoms with E-state index >= 15 is 0 Å². The van der Waals surface area contributed by atoms with Gasteiger partial charge in [0.05, 0.1) is 18.2 Å². The quantitative estimate of drug-likeness (QED) is 0.612. The maximum absolute atomic E-state index is 12.7. The van der Waals surface area contributed by atoms with E-state index in [1.165, 1.54) is 12.1 Å². The molecule has 0 aliphatic carbocycles. The Kier molecular flexibility index (Phi) is 4.82. The molecule has 2 aromatic carbocycles. The summed E-state index contributed by atoms with van der Waals surface area (Å²) in [6, 6.07) is 15.5. The van der Waals surface area contributed by atoms with Crippen molar-refractivity contribution in [3.63, 3.8) is 0 Å². The maximum Gasteiger partial charge on any atom is 0.123 e. The second kappa shape index (κ2) is 6.81. The number of ether oxygens (including phenoxy) is 1. The lowest BCUT2D eigenvalue weighted by Crippen LogP contribution is -2.00. The van der Waals surface area contributed by atoms with E-state index in [1.807, 2.05) is 6.07 Å². The summed E-state index contributed by atoms with van der Waals surface area (Å²) in [6.45, 7) is 0.539. The van der Waals surface area contributed by atoms with Crippen molar-refractivity contribution in [2.45, 2.75) is 4.90 Å². The second-order valence-electron chi connectivity index (χ2n) is 3.79. The predicted octanol–water partition coefficient (Wildman–Crippen LogP) is 3.87. The molecule has 0 spiro atoms. The summed E-state index contributed by atoms with van der Waals surface area (Å²) >= 11 is 1.60. The number of hydrogen-bond donors (Lipinski definition) is 0. The fraction of sp³-hybridized carbons (Fsp3) is 0.133. The zero-order chi connectivity index (χ0) is 13.5. The predicted molar refractivity (Wildman–Crippen MR) is 73.8 cm³/mol. The van der Waals surface area contributed by atoms with Gasteiger partial charge in [0, 0.05) is 10.6 Å². The lowest BCUT2D eigenvalue weighted by Gasteiger charge is -2.06. The molecule has 0 N–H and O–H groups in total. The van der Waals surface area contributed by atoms with Crippen LogP contribution in [0.4, 0.5) is 4.39 Å². The van der Waals surface area contributed by atoms with Gasteiger partial charge in [-0.25, -0.2) is 4.39 Å². The standard InChI is InChI=1S/C15H12FNOS/c16-13-4-6-15(7-5-13)19-9-8-18-14-3-1-2-12(10-14)11-17/h1-7,10H,8-9H2. The fourth-order valence-electron chi connectivity index (χ4n) is 1.51. The minimum absolute atomic E-state index is 0.228. The van der Waals surface area contributed by atoms with Crippen LogP contribution >= 0.6 is 11.8 Å². The first-order chi connectivity index (χ1) is 9.28. The molecule has 2 rings (SSSR count). The molecule has 0 fully saturated rings. The molecule has 0 aliphatic rings. The molecular formula is C15H12FNOS. The Balaban J connectivity index is 1.77. The number of benzene rings is 2. The first-order valence-corrected chi connectivity index (χ1v) is 6.78. The van der Waals surface area contributed by atoms with E-state index in [1.54, 1.807) is 42.1 Å². The van der Waals surface area contributed by atoms with Gasteiger partial charge in [0.2, 0.25) is 0 Å². The van der Waals surface area contributed by atoms with Crippen LogP contribution in [-0.4, -0.2) is 12.4 Å². The van der Waals surface area contributed by atoms with Crippen LogP contribution in [0, 0.1) is 17.1 Å². The Morgan fingerprint density at radius 1 is 1.16 bits per heavy atom. The van der Waals surface area contributed by atoms with E-state index in [0.29, 0.717) is 17.9 Å². The van der Waals surface area contributed by atoms with E-state index in [2.05, 4.69) is 6.07 Å². The topological polar surface area (TPSA) is 33.0 Å².